The lowest BCUT2D eigenvalue weighted by atomic mass is 9.93. The Labute approximate surface area is 172 Å². The lowest BCUT2D eigenvalue weighted by Crippen LogP contribution is -2.16. The Hall–Kier alpha value is -2.45. The molecule has 8 heteroatoms. The minimum absolute atomic E-state index is 0.0986. The van der Waals surface area contributed by atoms with E-state index in [0.29, 0.717) is 17.1 Å². The molecule has 2 aromatic carbocycles. The Bertz CT molecular complexity index is 1080. The number of hydrogen-bond donors (Lipinski definition) is 1. The fourth-order valence-electron chi connectivity index (χ4n) is 2.33. The summed E-state index contributed by atoms with van der Waals surface area (Å²) in [6.45, 7) is 6.00. The van der Waals surface area contributed by atoms with Crippen LogP contribution in [0.25, 0.3) is 0 Å². The SMILES string of the molecule is CC(C)(C)c1cc(N/C(=N\S(=O)(=O)c2ccc(Br)cc2)c2ccccc2)no1. The third-order valence-electron chi connectivity index (χ3n) is 3.87. The van der Waals surface area contributed by atoms with Gasteiger partial charge in [-0.15, -0.1) is 4.40 Å². The zero-order valence-corrected chi connectivity index (χ0v) is 18.1. The van der Waals surface area contributed by atoms with Gasteiger partial charge >= 0.3 is 0 Å². The summed E-state index contributed by atoms with van der Waals surface area (Å²) in [5.41, 5.74) is 0.393. The maximum absolute atomic E-state index is 12.8. The van der Waals surface area contributed by atoms with Crippen molar-refractivity contribution in [1.29, 1.82) is 0 Å². The first-order valence-corrected chi connectivity index (χ1v) is 10.8. The summed E-state index contributed by atoms with van der Waals surface area (Å²) in [6.07, 6.45) is 0. The van der Waals surface area contributed by atoms with Gasteiger partial charge in [0.2, 0.25) is 0 Å². The Morgan fingerprint density at radius 3 is 2.29 bits per heavy atom. The summed E-state index contributed by atoms with van der Waals surface area (Å²) in [7, 11) is -3.92. The van der Waals surface area contributed by atoms with Gasteiger partial charge in [0.15, 0.2) is 11.7 Å². The number of aromatic nitrogens is 1. The second-order valence-electron chi connectivity index (χ2n) is 7.19. The van der Waals surface area contributed by atoms with E-state index in [2.05, 4.69) is 30.8 Å². The highest BCUT2D eigenvalue weighted by molar-refractivity contribution is 9.10. The van der Waals surface area contributed by atoms with E-state index in [4.69, 9.17) is 4.52 Å². The molecule has 0 atom stereocenters. The summed E-state index contributed by atoms with van der Waals surface area (Å²) < 4.78 is 35.8. The van der Waals surface area contributed by atoms with Crippen molar-refractivity contribution >= 4 is 37.6 Å². The first-order valence-electron chi connectivity index (χ1n) is 8.55. The van der Waals surface area contributed by atoms with Gasteiger partial charge in [0, 0.05) is 21.5 Å². The average molecular weight is 462 g/mol. The van der Waals surface area contributed by atoms with E-state index in [1.165, 1.54) is 12.1 Å². The van der Waals surface area contributed by atoms with Crippen LogP contribution in [0, 0.1) is 0 Å². The average Bonchev–Trinajstić information content (AvgIpc) is 3.11. The van der Waals surface area contributed by atoms with Crippen LogP contribution < -0.4 is 5.32 Å². The van der Waals surface area contributed by atoms with Gasteiger partial charge in [0.05, 0.1) is 4.90 Å². The standard InChI is InChI=1S/C20H20BrN3O3S/c1-20(2,3)17-13-18(23-27-17)22-19(14-7-5-4-6-8-14)24-28(25,26)16-11-9-15(21)10-12-16/h4-13H,1-3H3,(H,22,23,24). The van der Waals surface area contributed by atoms with E-state index >= 15 is 0 Å². The largest absolute Gasteiger partial charge is 0.359 e. The Kier molecular flexibility index (Phi) is 5.71. The molecular weight excluding hydrogens is 442 g/mol. The van der Waals surface area contributed by atoms with Crippen LogP contribution in [0.3, 0.4) is 0 Å². The third-order valence-corrected chi connectivity index (χ3v) is 5.69. The predicted octanol–water partition coefficient (Wildman–Crippen LogP) is 4.98. The van der Waals surface area contributed by atoms with Crippen molar-refractivity contribution in [3.8, 4) is 0 Å². The van der Waals surface area contributed by atoms with Gasteiger partial charge in [0.25, 0.3) is 10.0 Å². The molecule has 0 aliphatic carbocycles. The molecule has 0 saturated heterocycles. The molecule has 0 radical (unpaired) electrons. The highest BCUT2D eigenvalue weighted by atomic mass is 79.9. The molecular formula is C20H20BrN3O3S. The zero-order valence-electron chi connectivity index (χ0n) is 15.7. The molecule has 1 heterocycles. The summed E-state index contributed by atoms with van der Waals surface area (Å²) in [4.78, 5) is 0.0986. The number of nitrogens with zero attached hydrogens (tertiary/aromatic N) is 2. The monoisotopic (exact) mass is 461 g/mol. The first-order chi connectivity index (χ1) is 13.1. The van der Waals surface area contributed by atoms with Crippen LogP contribution in [-0.2, 0) is 15.4 Å². The minimum atomic E-state index is -3.92. The van der Waals surface area contributed by atoms with Gasteiger partial charge in [0.1, 0.15) is 5.76 Å². The Morgan fingerprint density at radius 1 is 1.07 bits per heavy atom. The maximum atomic E-state index is 12.8. The fourth-order valence-corrected chi connectivity index (χ4v) is 3.57. The van der Waals surface area contributed by atoms with Crippen LogP contribution in [0.2, 0.25) is 0 Å². The van der Waals surface area contributed by atoms with Crippen LogP contribution in [0.4, 0.5) is 5.82 Å². The normalized spacial score (nSPS) is 12.8. The fraction of sp³-hybridized carbons (Fsp3) is 0.200. The predicted molar refractivity (Wildman–Crippen MR) is 113 cm³/mol. The van der Waals surface area contributed by atoms with Gasteiger partial charge in [-0.1, -0.05) is 72.2 Å². The van der Waals surface area contributed by atoms with Crippen molar-refractivity contribution in [2.45, 2.75) is 31.1 Å². The number of sulfonamides is 1. The van der Waals surface area contributed by atoms with Crippen molar-refractivity contribution in [2.24, 2.45) is 4.40 Å². The van der Waals surface area contributed by atoms with E-state index in [1.807, 2.05) is 39.0 Å². The molecule has 1 N–H and O–H groups in total. The summed E-state index contributed by atoms with van der Waals surface area (Å²) in [5, 5.41) is 6.98. The van der Waals surface area contributed by atoms with Crippen LogP contribution >= 0.6 is 15.9 Å². The highest BCUT2D eigenvalue weighted by Crippen LogP contribution is 2.25. The molecule has 0 aliphatic heterocycles. The molecule has 6 nitrogen and oxygen atoms in total. The molecule has 146 valence electrons. The van der Waals surface area contributed by atoms with E-state index in [0.717, 1.165) is 4.47 Å². The quantitative estimate of drug-likeness (QED) is 0.437. The smallest absolute Gasteiger partial charge is 0.284 e. The lowest BCUT2D eigenvalue weighted by molar-refractivity contribution is 0.331. The van der Waals surface area contributed by atoms with Crippen LogP contribution in [0.15, 0.2) is 79.0 Å². The van der Waals surface area contributed by atoms with Crippen molar-refractivity contribution in [1.82, 2.24) is 5.16 Å². The van der Waals surface area contributed by atoms with Gasteiger partial charge in [-0.3, -0.25) is 0 Å². The molecule has 0 bridgehead atoms. The molecule has 0 saturated carbocycles. The van der Waals surface area contributed by atoms with E-state index in [1.54, 1.807) is 30.3 Å². The van der Waals surface area contributed by atoms with Gasteiger partial charge in [-0.25, -0.2) is 0 Å². The van der Waals surface area contributed by atoms with Crippen LogP contribution in [0.5, 0.6) is 0 Å². The molecule has 0 unspecified atom stereocenters. The van der Waals surface area contributed by atoms with Crippen LogP contribution in [0.1, 0.15) is 32.1 Å². The van der Waals surface area contributed by atoms with Gasteiger partial charge in [-0.2, -0.15) is 8.42 Å². The minimum Gasteiger partial charge on any atom is -0.359 e. The number of nitrogens with one attached hydrogen (secondary N) is 1. The molecule has 0 amide bonds. The lowest BCUT2D eigenvalue weighted by Gasteiger charge is -2.12. The van der Waals surface area contributed by atoms with Gasteiger partial charge < -0.3 is 9.84 Å². The molecule has 0 fully saturated rings. The maximum Gasteiger partial charge on any atom is 0.284 e. The topological polar surface area (TPSA) is 84.6 Å². The van der Waals surface area contributed by atoms with Crippen molar-refractivity contribution in [2.75, 3.05) is 5.32 Å². The molecule has 0 aliphatic rings. The molecule has 0 spiro atoms. The summed E-state index contributed by atoms with van der Waals surface area (Å²) in [5.74, 6) is 1.23. The first kappa shape index (κ1) is 20.3. The number of halogens is 1. The van der Waals surface area contributed by atoms with Crippen LogP contribution in [-0.4, -0.2) is 19.4 Å². The second-order valence-corrected chi connectivity index (χ2v) is 9.71. The second kappa shape index (κ2) is 7.89. The molecule has 28 heavy (non-hydrogen) atoms. The van der Waals surface area contributed by atoms with Crippen molar-refractivity contribution < 1.29 is 12.9 Å². The van der Waals surface area contributed by atoms with Crippen molar-refractivity contribution in [3.63, 3.8) is 0 Å². The number of rotatable bonds is 4. The summed E-state index contributed by atoms with van der Waals surface area (Å²) in [6, 6.07) is 17.1. The molecule has 1 aromatic heterocycles. The number of benzene rings is 2. The Balaban J connectivity index is 2.01. The van der Waals surface area contributed by atoms with E-state index in [-0.39, 0.29) is 16.1 Å². The third kappa shape index (κ3) is 4.88. The molecule has 3 rings (SSSR count). The van der Waals surface area contributed by atoms with E-state index < -0.39 is 10.0 Å². The number of anilines is 1. The van der Waals surface area contributed by atoms with E-state index in [9.17, 15) is 8.42 Å². The number of amidine groups is 1. The zero-order chi connectivity index (χ0) is 20.4. The van der Waals surface area contributed by atoms with Crippen molar-refractivity contribution in [3.05, 3.63) is 76.5 Å². The highest BCUT2D eigenvalue weighted by Gasteiger charge is 2.21. The number of hydrogen-bond acceptors (Lipinski definition) is 4. The summed E-state index contributed by atoms with van der Waals surface area (Å²) >= 11 is 3.30. The molecule has 3 aromatic rings. The Morgan fingerprint density at radius 2 is 1.71 bits per heavy atom. The van der Waals surface area contributed by atoms with Gasteiger partial charge in [-0.05, 0) is 24.3 Å².